The van der Waals surface area contributed by atoms with E-state index in [0.717, 1.165) is 30.5 Å². The van der Waals surface area contributed by atoms with Gasteiger partial charge in [0.05, 0.1) is 5.01 Å². The van der Waals surface area contributed by atoms with Crippen molar-refractivity contribution in [2.75, 3.05) is 6.54 Å². The molecule has 3 N–H and O–H groups in total. The molecule has 110 valence electrons. The predicted octanol–water partition coefficient (Wildman–Crippen LogP) is 1.03. The van der Waals surface area contributed by atoms with Crippen LogP contribution in [0.4, 0.5) is 0 Å². The van der Waals surface area contributed by atoms with E-state index in [2.05, 4.69) is 20.5 Å². The van der Waals surface area contributed by atoms with Crippen LogP contribution in [-0.2, 0) is 19.3 Å². The molecule has 0 aliphatic heterocycles. The average molecular weight is 306 g/mol. The van der Waals surface area contributed by atoms with E-state index in [1.165, 1.54) is 16.7 Å². The molecule has 0 radical (unpaired) electrons. The summed E-state index contributed by atoms with van der Waals surface area (Å²) in [5.74, 6) is -1.22. The van der Waals surface area contributed by atoms with Crippen LogP contribution in [0.5, 0.6) is 0 Å². The summed E-state index contributed by atoms with van der Waals surface area (Å²) in [6.07, 6.45) is 3.41. The molecule has 21 heavy (non-hydrogen) atoms. The number of hydrogen-bond acceptors (Lipinski definition) is 5. The zero-order valence-electron chi connectivity index (χ0n) is 11.2. The van der Waals surface area contributed by atoms with Gasteiger partial charge in [-0.15, -0.1) is 11.3 Å². The molecule has 2 aromatic rings. The highest BCUT2D eigenvalue weighted by Gasteiger charge is 2.22. The number of aryl methyl sites for hydroxylation is 1. The van der Waals surface area contributed by atoms with Gasteiger partial charge >= 0.3 is 5.97 Å². The Hall–Kier alpha value is -2.22. The van der Waals surface area contributed by atoms with E-state index in [1.54, 1.807) is 0 Å². The molecule has 0 fully saturated rings. The molecule has 0 spiro atoms. The molecule has 0 aromatic carbocycles. The number of H-pyrrole nitrogens is 1. The summed E-state index contributed by atoms with van der Waals surface area (Å²) in [5.41, 5.74) is 2.61. The summed E-state index contributed by atoms with van der Waals surface area (Å²) in [6, 6.07) is 0. The van der Waals surface area contributed by atoms with Crippen molar-refractivity contribution in [2.45, 2.75) is 25.7 Å². The summed E-state index contributed by atoms with van der Waals surface area (Å²) in [4.78, 5) is 26.8. The number of nitrogens with zero attached hydrogens (tertiary/aromatic N) is 2. The average Bonchev–Trinajstić information content (AvgIpc) is 3.14. The number of fused-ring (bicyclic) bond motifs is 1. The van der Waals surface area contributed by atoms with Crippen LogP contribution in [0, 0.1) is 0 Å². The smallest absolute Gasteiger partial charge is 0.355 e. The summed E-state index contributed by atoms with van der Waals surface area (Å²) >= 11 is 1.28. The fourth-order valence-corrected chi connectivity index (χ4v) is 3.17. The topological polar surface area (TPSA) is 108 Å². The van der Waals surface area contributed by atoms with Crippen LogP contribution in [0.15, 0.2) is 5.38 Å². The van der Waals surface area contributed by atoms with Gasteiger partial charge in [-0.1, -0.05) is 0 Å². The summed E-state index contributed by atoms with van der Waals surface area (Å²) < 4.78 is 0. The quantitative estimate of drug-likeness (QED) is 0.764. The molecular formula is C13H14N4O3S. The minimum absolute atomic E-state index is 0.0476. The van der Waals surface area contributed by atoms with Gasteiger partial charge in [-0.05, 0) is 19.3 Å². The Labute approximate surface area is 124 Å². The van der Waals surface area contributed by atoms with Crippen molar-refractivity contribution >= 4 is 23.2 Å². The lowest BCUT2D eigenvalue weighted by Gasteiger charge is -2.02. The van der Waals surface area contributed by atoms with Crippen LogP contribution in [0.2, 0.25) is 0 Å². The zero-order chi connectivity index (χ0) is 14.8. The molecule has 0 bridgehead atoms. The van der Waals surface area contributed by atoms with Gasteiger partial charge < -0.3 is 10.4 Å². The number of amides is 1. The maximum absolute atomic E-state index is 12.1. The van der Waals surface area contributed by atoms with Gasteiger partial charge in [0.2, 0.25) is 0 Å². The van der Waals surface area contributed by atoms with E-state index in [0.29, 0.717) is 23.7 Å². The molecule has 1 amide bonds. The molecule has 0 saturated carbocycles. The van der Waals surface area contributed by atoms with Gasteiger partial charge in [0.25, 0.3) is 5.91 Å². The lowest BCUT2D eigenvalue weighted by molar-refractivity contribution is 0.0690. The van der Waals surface area contributed by atoms with E-state index in [-0.39, 0.29) is 11.6 Å². The highest BCUT2D eigenvalue weighted by Crippen LogP contribution is 2.22. The largest absolute Gasteiger partial charge is 0.476 e. The summed E-state index contributed by atoms with van der Waals surface area (Å²) in [6.45, 7) is 0.410. The van der Waals surface area contributed by atoms with Crippen LogP contribution < -0.4 is 5.32 Å². The second kappa shape index (κ2) is 5.65. The van der Waals surface area contributed by atoms with Crippen LogP contribution in [0.25, 0.3) is 0 Å². The first-order chi connectivity index (χ1) is 10.1. The van der Waals surface area contributed by atoms with Crippen molar-refractivity contribution in [1.82, 2.24) is 20.5 Å². The molecular weight excluding hydrogens is 292 g/mol. The molecule has 1 aliphatic carbocycles. The van der Waals surface area contributed by atoms with Crippen molar-refractivity contribution < 1.29 is 14.7 Å². The van der Waals surface area contributed by atoms with Crippen molar-refractivity contribution in [2.24, 2.45) is 0 Å². The summed E-state index contributed by atoms with van der Waals surface area (Å²) in [7, 11) is 0. The molecule has 0 unspecified atom stereocenters. The minimum atomic E-state index is -1.03. The Morgan fingerprint density at radius 2 is 2.29 bits per heavy atom. The third kappa shape index (κ3) is 2.80. The third-order valence-corrected chi connectivity index (χ3v) is 4.33. The van der Waals surface area contributed by atoms with Crippen LogP contribution in [0.1, 0.15) is 43.7 Å². The molecule has 7 nitrogen and oxygen atoms in total. The number of carboxylic acid groups (broad SMARTS) is 1. The zero-order valence-corrected chi connectivity index (χ0v) is 12.0. The monoisotopic (exact) mass is 306 g/mol. The number of carboxylic acids is 1. The van der Waals surface area contributed by atoms with E-state index in [9.17, 15) is 9.59 Å². The van der Waals surface area contributed by atoms with Gasteiger partial charge in [0, 0.05) is 29.6 Å². The number of rotatable bonds is 5. The lowest BCUT2D eigenvalue weighted by Crippen LogP contribution is -2.26. The lowest BCUT2D eigenvalue weighted by atomic mass is 10.2. The highest BCUT2D eigenvalue weighted by molar-refractivity contribution is 7.09. The Morgan fingerprint density at radius 3 is 3.05 bits per heavy atom. The van der Waals surface area contributed by atoms with Gasteiger partial charge in [-0.3, -0.25) is 9.89 Å². The summed E-state index contributed by atoms with van der Waals surface area (Å²) in [5, 5.41) is 20.8. The number of aromatic nitrogens is 3. The van der Waals surface area contributed by atoms with Gasteiger partial charge in [0.1, 0.15) is 0 Å². The standard InChI is InChI=1S/C13H14N4O3S/c18-12(11-7-2-1-3-8(7)16-17-11)14-5-4-10-15-9(6-21-10)13(19)20/h6H,1-5H2,(H,14,18)(H,16,17)(H,19,20). The Bertz CT molecular complexity index is 691. The normalized spacial score (nSPS) is 13.1. The number of carbonyl (C=O) groups excluding carboxylic acids is 1. The van der Waals surface area contributed by atoms with E-state index >= 15 is 0 Å². The Balaban J connectivity index is 1.55. The number of aromatic carboxylic acids is 1. The van der Waals surface area contributed by atoms with Crippen molar-refractivity contribution in [3.05, 3.63) is 33.0 Å². The van der Waals surface area contributed by atoms with Crippen LogP contribution >= 0.6 is 11.3 Å². The van der Waals surface area contributed by atoms with Gasteiger partial charge in [-0.2, -0.15) is 5.10 Å². The molecule has 0 atom stereocenters. The van der Waals surface area contributed by atoms with Gasteiger partial charge in [-0.25, -0.2) is 9.78 Å². The van der Waals surface area contributed by atoms with Crippen molar-refractivity contribution in [1.29, 1.82) is 0 Å². The first kappa shape index (κ1) is 13.7. The van der Waals surface area contributed by atoms with Crippen LogP contribution in [0.3, 0.4) is 0 Å². The fraction of sp³-hybridized carbons (Fsp3) is 0.385. The van der Waals surface area contributed by atoms with E-state index in [4.69, 9.17) is 5.11 Å². The predicted molar refractivity (Wildman–Crippen MR) is 75.7 cm³/mol. The Kier molecular flexibility index (Phi) is 3.70. The molecule has 1 aliphatic rings. The van der Waals surface area contributed by atoms with Crippen molar-refractivity contribution in [3.63, 3.8) is 0 Å². The second-order valence-electron chi connectivity index (χ2n) is 4.82. The first-order valence-corrected chi connectivity index (χ1v) is 7.55. The number of thiazole rings is 1. The molecule has 2 aromatic heterocycles. The van der Waals surface area contributed by atoms with E-state index < -0.39 is 5.97 Å². The van der Waals surface area contributed by atoms with Gasteiger partial charge in [0.15, 0.2) is 11.4 Å². The Morgan fingerprint density at radius 1 is 1.43 bits per heavy atom. The van der Waals surface area contributed by atoms with Crippen LogP contribution in [-0.4, -0.2) is 38.7 Å². The number of carbonyl (C=O) groups is 2. The molecule has 2 heterocycles. The third-order valence-electron chi connectivity index (χ3n) is 3.42. The SMILES string of the molecule is O=C(O)c1csc(CCNC(=O)c2n[nH]c3c2CCC3)n1. The molecule has 3 rings (SSSR count). The molecule has 0 saturated heterocycles. The fourth-order valence-electron chi connectivity index (χ4n) is 2.40. The maximum atomic E-state index is 12.1. The van der Waals surface area contributed by atoms with Crippen molar-refractivity contribution in [3.8, 4) is 0 Å². The number of hydrogen-bond donors (Lipinski definition) is 3. The first-order valence-electron chi connectivity index (χ1n) is 6.67. The minimum Gasteiger partial charge on any atom is -0.476 e. The maximum Gasteiger partial charge on any atom is 0.355 e. The number of aromatic amines is 1. The van der Waals surface area contributed by atoms with E-state index in [1.807, 2.05) is 0 Å². The highest BCUT2D eigenvalue weighted by atomic mass is 32.1. The second-order valence-corrected chi connectivity index (χ2v) is 5.76. The number of nitrogens with one attached hydrogen (secondary N) is 2. The molecule has 8 heteroatoms.